The number of methoxy groups -OCH3 is 1. The number of nitrogens with zero attached hydrogens (tertiary/aromatic N) is 1. The molecule has 14 heavy (non-hydrogen) atoms. The average Bonchev–Trinajstić information content (AvgIpc) is 2.18. The quantitative estimate of drug-likeness (QED) is 0.697. The van der Waals surface area contributed by atoms with Crippen LogP contribution in [0, 0.1) is 0 Å². The van der Waals surface area contributed by atoms with E-state index in [1.807, 2.05) is 0 Å². The zero-order valence-electron chi connectivity index (χ0n) is 8.21. The smallest absolute Gasteiger partial charge is 0.258 e. The lowest BCUT2D eigenvalue weighted by Crippen LogP contribution is -2.48. The minimum Gasteiger partial charge on any atom is -0.375 e. The standard InChI is InChI=1S/C9H15F2NO2/c1-14-6-8(13)12-5-3-2-4-7(12)9(10)11/h7,9H,2-6H2,1H3/t7-/m0/s1. The highest BCUT2D eigenvalue weighted by atomic mass is 19.3. The largest absolute Gasteiger partial charge is 0.375 e. The van der Waals surface area contributed by atoms with Gasteiger partial charge in [0.15, 0.2) is 0 Å². The number of carbonyl (C=O) groups excluding carboxylic acids is 1. The van der Waals surface area contributed by atoms with E-state index in [4.69, 9.17) is 0 Å². The van der Waals surface area contributed by atoms with E-state index < -0.39 is 12.5 Å². The van der Waals surface area contributed by atoms with Gasteiger partial charge in [0.25, 0.3) is 6.43 Å². The Morgan fingerprint density at radius 1 is 1.57 bits per heavy atom. The molecule has 1 heterocycles. The fraction of sp³-hybridized carbons (Fsp3) is 0.889. The van der Waals surface area contributed by atoms with Gasteiger partial charge in [0.05, 0.1) is 6.04 Å². The van der Waals surface area contributed by atoms with Crippen molar-refractivity contribution >= 4 is 5.91 Å². The summed E-state index contributed by atoms with van der Waals surface area (Å²) in [5, 5.41) is 0. The molecule has 1 rings (SSSR count). The van der Waals surface area contributed by atoms with Gasteiger partial charge in [0, 0.05) is 13.7 Å². The Balaban J connectivity index is 2.57. The van der Waals surface area contributed by atoms with Crippen molar-refractivity contribution < 1.29 is 18.3 Å². The predicted octanol–water partition coefficient (Wildman–Crippen LogP) is 1.28. The SMILES string of the molecule is COCC(=O)N1CCCC[C@H]1C(F)F. The number of alkyl halides is 2. The van der Waals surface area contributed by atoms with Gasteiger partial charge >= 0.3 is 0 Å². The first-order valence-corrected chi connectivity index (χ1v) is 4.73. The molecular formula is C9H15F2NO2. The van der Waals surface area contributed by atoms with Crippen molar-refractivity contribution in [3.8, 4) is 0 Å². The molecule has 5 heteroatoms. The molecule has 0 aromatic rings. The highest BCUT2D eigenvalue weighted by Crippen LogP contribution is 2.22. The monoisotopic (exact) mass is 207 g/mol. The Labute approximate surface area is 82.0 Å². The maximum atomic E-state index is 12.5. The summed E-state index contributed by atoms with van der Waals surface area (Å²) in [4.78, 5) is 12.6. The van der Waals surface area contributed by atoms with Gasteiger partial charge in [0.1, 0.15) is 6.61 Å². The van der Waals surface area contributed by atoms with Gasteiger partial charge in [-0.1, -0.05) is 0 Å². The molecule has 82 valence electrons. The van der Waals surface area contributed by atoms with Crippen molar-refractivity contribution in [1.82, 2.24) is 4.90 Å². The second kappa shape index (κ2) is 5.24. The van der Waals surface area contributed by atoms with E-state index in [2.05, 4.69) is 4.74 Å². The van der Waals surface area contributed by atoms with Gasteiger partial charge in [-0.3, -0.25) is 4.79 Å². The average molecular weight is 207 g/mol. The molecular weight excluding hydrogens is 192 g/mol. The van der Waals surface area contributed by atoms with Gasteiger partial charge in [-0.2, -0.15) is 0 Å². The summed E-state index contributed by atoms with van der Waals surface area (Å²) in [6.07, 6.45) is -0.478. The molecule has 0 unspecified atom stereocenters. The Kier molecular flexibility index (Phi) is 4.25. The van der Waals surface area contributed by atoms with Crippen molar-refractivity contribution in [2.75, 3.05) is 20.3 Å². The maximum Gasteiger partial charge on any atom is 0.258 e. The third-order valence-electron chi connectivity index (χ3n) is 2.43. The van der Waals surface area contributed by atoms with Crippen LogP contribution in [-0.4, -0.2) is 43.5 Å². The number of halogens is 2. The molecule has 1 aliphatic rings. The van der Waals surface area contributed by atoms with Crippen LogP contribution in [0.5, 0.6) is 0 Å². The van der Waals surface area contributed by atoms with E-state index >= 15 is 0 Å². The van der Waals surface area contributed by atoms with Crippen molar-refractivity contribution in [1.29, 1.82) is 0 Å². The zero-order valence-corrected chi connectivity index (χ0v) is 8.21. The van der Waals surface area contributed by atoms with Crippen LogP contribution < -0.4 is 0 Å². The van der Waals surface area contributed by atoms with E-state index in [0.29, 0.717) is 13.0 Å². The van der Waals surface area contributed by atoms with Crippen LogP contribution in [-0.2, 0) is 9.53 Å². The van der Waals surface area contributed by atoms with Crippen molar-refractivity contribution in [2.45, 2.75) is 31.7 Å². The lowest BCUT2D eigenvalue weighted by molar-refractivity contribution is -0.143. The summed E-state index contributed by atoms with van der Waals surface area (Å²) >= 11 is 0. The van der Waals surface area contributed by atoms with E-state index in [-0.39, 0.29) is 12.5 Å². The Bertz CT molecular complexity index is 199. The number of rotatable bonds is 3. The molecule has 1 fully saturated rings. The Morgan fingerprint density at radius 2 is 2.29 bits per heavy atom. The zero-order chi connectivity index (χ0) is 10.6. The van der Waals surface area contributed by atoms with E-state index in [0.717, 1.165) is 12.8 Å². The normalized spacial score (nSPS) is 22.9. The molecule has 0 radical (unpaired) electrons. The first-order chi connectivity index (χ1) is 6.66. The molecule has 0 aromatic carbocycles. The Morgan fingerprint density at radius 3 is 2.86 bits per heavy atom. The number of amides is 1. The van der Waals surface area contributed by atoms with Crippen LogP contribution >= 0.6 is 0 Å². The molecule has 1 aliphatic heterocycles. The molecule has 0 aliphatic carbocycles. The third kappa shape index (κ3) is 2.64. The number of hydrogen-bond donors (Lipinski definition) is 0. The number of ether oxygens (including phenoxy) is 1. The summed E-state index contributed by atoms with van der Waals surface area (Å²) in [5.41, 5.74) is 0. The minimum atomic E-state index is -2.45. The molecule has 0 aromatic heterocycles. The van der Waals surface area contributed by atoms with Crippen molar-refractivity contribution in [3.63, 3.8) is 0 Å². The summed E-state index contributed by atoms with van der Waals surface area (Å²) < 4.78 is 29.7. The fourth-order valence-corrected chi connectivity index (χ4v) is 1.74. The van der Waals surface area contributed by atoms with E-state index in [1.54, 1.807) is 0 Å². The van der Waals surface area contributed by atoms with Gasteiger partial charge in [-0.25, -0.2) is 8.78 Å². The summed E-state index contributed by atoms with van der Waals surface area (Å²) in [7, 11) is 1.39. The molecule has 1 amide bonds. The number of hydrogen-bond acceptors (Lipinski definition) is 2. The lowest BCUT2D eigenvalue weighted by atomic mass is 10.0. The van der Waals surface area contributed by atoms with Crippen molar-refractivity contribution in [3.05, 3.63) is 0 Å². The van der Waals surface area contributed by atoms with Gasteiger partial charge in [-0.05, 0) is 19.3 Å². The first kappa shape index (κ1) is 11.4. The summed E-state index contributed by atoms with van der Waals surface area (Å²) in [6.45, 7) is 0.320. The highest BCUT2D eigenvalue weighted by Gasteiger charge is 2.32. The molecule has 0 N–H and O–H groups in total. The number of piperidine rings is 1. The first-order valence-electron chi connectivity index (χ1n) is 4.73. The summed E-state index contributed by atoms with van der Waals surface area (Å²) in [6, 6.07) is -0.911. The topological polar surface area (TPSA) is 29.5 Å². The molecule has 1 saturated heterocycles. The highest BCUT2D eigenvalue weighted by molar-refractivity contribution is 5.77. The van der Waals surface area contributed by atoms with Crippen molar-refractivity contribution in [2.24, 2.45) is 0 Å². The molecule has 0 bridgehead atoms. The van der Waals surface area contributed by atoms with Crippen LogP contribution in [0.4, 0.5) is 8.78 Å². The lowest BCUT2D eigenvalue weighted by Gasteiger charge is -2.34. The van der Waals surface area contributed by atoms with Crippen LogP contribution in [0.3, 0.4) is 0 Å². The molecule has 0 saturated carbocycles. The predicted molar refractivity (Wildman–Crippen MR) is 47.2 cm³/mol. The molecule has 0 spiro atoms. The maximum absolute atomic E-state index is 12.5. The number of likely N-dealkylation sites (tertiary alicyclic amines) is 1. The van der Waals surface area contributed by atoms with Gasteiger partial charge in [0.2, 0.25) is 5.91 Å². The second-order valence-electron chi connectivity index (χ2n) is 3.42. The fourth-order valence-electron chi connectivity index (χ4n) is 1.74. The van der Waals surface area contributed by atoms with E-state index in [1.165, 1.54) is 12.0 Å². The minimum absolute atomic E-state index is 0.108. The molecule has 3 nitrogen and oxygen atoms in total. The Hall–Kier alpha value is -0.710. The molecule has 1 atom stereocenters. The van der Waals surface area contributed by atoms with Gasteiger partial charge < -0.3 is 9.64 Å². The van der Waals surface area contributed by atoms with Gasteiger partial charge in [-0.15, -0.1) is 0 Å². The van der Waals surface area contributed by atoms with E-state index in [9.17, 15) is 13.6 Å². The van der Waals surface area contributed by atoms with Crippen LogP contribution in [0.15, 0.2) is 0 Å². The third-order valence-corrected chi connectivity index (χ3v) is 2.43. The van der Waals surface area contributed by atoms with Crippen LogP contribution in [0.2, 0.25) is 0 Å². The number of carbonyl (C=O) groups is 1. The second-order valence-corrected chi connectivity index (χ2v) is 3.42. The summed E-state index contributed by atoms with van der Waals surface area (Å²) in [5.74, 6) is -0.336. The van der Waals surface area contributed by atoms with Crippen LogP contribution in [0.25, 0.3) is 0 Å². The van der Waals surface area contributed by atoms with Crippen LogP contribution in [0.1, 0.15) is 19.3 Å².